The Balaban J connectivity index is 0.000000361. The number of nitrogens with zero attached hydrogens (tertiary/aromatic N) is 2. The van der Waals surface area contributed by atoms with E-state index in [2.05, 4.69) is 16.0 Å². The van der Waals surface area contributed by atoms with Gasteiger partial charge in [0.1, 0.15) is 0 Å². The molecule has 1 N–H and O–H groups in total. The van der Waals surface area contributed by atoms with Crippen molar-refractivity contribution in [3.63, 3.8) is 0 Å². The first-order valence-corrected chi connectivity index (χ1v) is 16.3. The van der Waals surface area contributed by atoms with Crippen LogP contribution in [-0.4, -0.2) is 20.9 Å². The van der Waals surface area contributed by atoms with Crippen LogP contribution < -0.4 is 0 Å². The molecule has 4 heterocycles. The van der Waals surface area contributed by atoms with E-state index in [1.807, 2.05) is 67.5 Å². The second-order valence-corrected chi connectivity index (χ2v) is 13.3. The van der Waals surface area contributed by atoms with Crippen molar-refractivity contribution in [3.05, 3.63) is 70.6 Å². The third-order valence-corrected chi connectivity index (χ3v) is 9.11. The van der Waals surface area contributed by atoms with Crippen molar-refractivity contribution in [2.75, 3.05) is 0 Å². The topological polar surface area (TPSA) is 76.2 Å². The van der Waals surface area contributed by atoms with Gasteiger partial charge in [0, 0.05) is 67.0 Å². The molecule has 5 nitrogen and oxygen atoms in total. The van der Waals surface area contributed by atoms with Crippen LogP contribution in [-0.2, 0) is 31.3 Å². The second-order valence-electron chi connectivity index (χ2n) is 12.2. The van der Waals surface area contributed by atoms with Crippen LogP contribution in [0.2, 0.25) is 0 Å². The SMILES string of the molecule is CCC(CC)C(=O)/C=C(\O)C(CC)CC.[2H]C([2H])([2H])c1ccc2c(n1)oc1c(-c3cc4c(C)c(C([2H])([2H])C(C)(C)C)sc4cn3)[c-]ccc12.[Ir]. The molecule has 0 aliphatic carbocycles. The zero-order valence-electron chi connectivity index (χ0n) is 32.4. The Morgan fingerprint density at radius 2 is 1.78 bits per heavy atom. The zero-order chi connectivity index (χ0) is 36.5. The number of carbonyl (C=O) groups excluding carboxylic acids is 1. The van der Waals surface area contributed by atoms with E-state index < -0.39 is 18.6 Å². The Bertz CT molecular complexity index is 1980. The number of allylic oxidation sites excluding steroid dienone is 2. The number of ketones is 1. The molecule has 0 spiro atoms. The van der Waals surface area contributed by atoms with Gasteiger partial charge in [0.25, 0.3) is 0 Å². The van der Waals surface area contributed by atoms with Crippen LogP contribution in [0.15, 0.2) is 52.8 Å². The van der Waals surface area contributed by atoms with Crippen molar-refractivity contribution in [1.82, 2.24) is 9.97 Å². The largest absolute Gasteiger partial charge is 0.512 e. The minimum Gasteiger partial charge on any atom is -0.512 e. The molecule has 243 valence electrons. The number of hydrogen-bond donors (Lipinski definition) is 1. The van der Waals surface area contributed by atoms with Crippen molar-refractivity contribution in [2.24, 2.45) is 17.3 Å². The van der Waals surface area contributed by atoms with Crippen LogP contribution in [0.25, 0.3) is 43.4 Å². The summed E-state index contributed by atoms with van der Waals surface area (Å²) in [5.41, 5.74) is 2.44. The third-order valence-electron chi connectivity index (χ3n) is 7.95. The van der Waals surface area contributed by atoms with E-state index in [1.165, 1.54) is 23.5 Å². The van der Waals surface area contributed by atoms with Gasteiger partial charge in [-0.3, -0.25) is 4.79 Å². The smallest absolute Gasteiger partial charge is 0.216 e. The van der Waals surface area contributed by atoms with Gasteiger partial charge in [0.15, 0.2) is 5.78 Å². The van der Waals surface area contributed by atoms with Gasteiger partial charge in [-0.25, -0.2) is 4.98 Å². The monoisotopic (exact) mass is 809 g/mol. The number of aliphatic hydroxyl groups excluding tert-OH is 1. The van der Waals surface area contributed by atoms with Gasteiger partial charge in [0.05, 0.1) is 16.0 Å². The van der Waals surface area contributed by atoms with E-state index in [9.17, 15) is 9.90 Å². The molecule has 0 atom stereocenters. The number of thiophene rings is 1. The molecule has 0 bridgehead atoms. The quantitative estimate of drug-likeness (QED) is 0.0912. The third kappa shape index (κ3) is 8.49. The van der Waals surface area contributed by atoms with Crippen molar-refractivity contribution in [1.29, 1.82) is 0 Å². The van der Waals surface area contributed by atoms with Gasteiger partial charge in [-0.05, 0) is 80.0 Å². The molecule has 7 heteroatoms. The summed E-state index contributed by atoms with van der Waals surface area (Å²) in [6, 6.07) is 12.0. The minimum atomic E-state index is -2.32. The molecular weight excluding hydrogens is 757 g/mol. The van der Waals surface area contributed by atoms with Gasteiger partial charge < -0.3 is 14.5 Å². The predicted molar refractivity (Wildman–Crippen MR) is 185 cm³/mol. The van der Waals surface area contributed by atoms with Gasteiger partial charge in [-0.2, -0.15) is 0 Å². The summed E-state index contributed by atoms with van der Waals surface area (Å²) in [6.07, 6.45) is 5.19. The zero-order valence-corrected chi connectivity index (χ0v) is 30.6. The Morgan fingerprint density at radius 1 is 1.09 bits per heavy atom. The van der Waals surface area contributed by atoms with Gasteiger partial charge in [0.2, 0.25) is 5.71 Å². The number of aryl methyl sites for hydroxylation is 2. The van der Waals surface area contributed by atoms with Crippen LogP contribution >= 0.6 is 11.3 Å². The van der Waals surface area contributed by atoms with Crippen LogP contribution in [0, 0.1) is 37.1 Å². The first-order chi connectivity index (χ1) is 22.9. The molecule has 5 rings (SSSR count). The van der Waals surface area contributed by atoms with Gasteiger partial charge in [-0.15, -0.1) is 29.5 Å². The molecule has 5 aromatic rings. The van der Waals surface area contributed by atoms with E-state index in [0.717, 1.165) is 52.1 Å². The van der Waals surface area contributed by atoms with Crippen molar-refractivity contribution in [3.8, 4) is 11.3 Å². The normalized spacial score (nSPS) is 14.4. The average Bonchev–Trinajstić information content (AvgIpc) is 3.58. The summed E-state index contributed by atoms with van der Waals surface area (Å²) < 4.78 is 47.3. The first kappa shape index (κ1) is 29.5. The number of aliphatic hydroxyl groups is 1. The average molecular weight is 809 g/mol. The van der Waals surface area contributed by atoms with E-state index >= 15 is 0 Å². The summed E-state index contributed by atoms with van der Waals surface area (Å²) in [7, 11) is 0. The standard InChI is InChI=1S/C25H23N2OS.C13H24O2.Ir/c1-14-9-10-17-16-7-6-8-18(23(16)28-24(17)27-14)20-11-19-15(2)21(12-25(3,4)5)29-22(19)13-26-20;1-5-10(6-2)12(14)9-13(15)11(7-3)8-4;/h6-7,9-11,13H,12H2,1-5H3;9-11,14H,5-8H2,1-4H3;/q-1;;/b;12-9-;/i1D3,12D2;;. The second kappa shape index (κ2) is 15.6. The first-order valence-electron chi connectivity index (χ1n) is 18.0. The molecule has 0 saturated heterocycles. The van der Waals surface area contributed by atoms with Crippen LogP contribution in [0.3, 0.4) is 0 Å². The molecular formula is C38H47IrN2O3S-. The van der Waals surface area contributed by atoms with Crippen LogP contribution in [0.4, 0.5) is 0 Å². The maximum absolute atomic E-state index is 11.7. The van der Waals surface area contributed by atoms with Gasteiger partial charge in [-0.1, -0.05) is 65.5 Å². The van der Waals surface area contributed by atoms with Crippen molar-refractivity contribution in [2.45, 2.75) is 94.3 Å². The summed E-state index contributed by atoms with van der Waals surface area (Å²) in [5, 5.41) is 12.2. The number of hydrogen-bond acceptors (Lipinski definition) is 6. The van der Waals surface area contributed by atoms with E-state index in [-0.39, 0.29) is 54.9 Å². The minimum absolute atomic E-state index is 0. The summed E-state index contributed by atoms with van der Waals surface area (Å²) in [4.78, 5) is 21.3. The van der Waals surface area contributed by atoms with Crippen molar-refractivity contribution >= 4 is 49.3 Å². The summed E-state index contributed by atoms with van der Waals surface area (Å²) in [6.45, 7) is 13.4. The molecule has 1 radical (unpaired) electrons. The number of rotatable bonds is 9. The molecule has 0 unspecified atom stereocenters. The van der Waals surface area contributed by atoms with Crippen LogP contribution in [0.1, 0.15) is 97.1 Å². The molecule has 0 aliphatic heterocycles. The Kier molecular flexibility index (Phi) is 10.3. The maximum atomic E-state index is 11.7. The Morgan fingerprint density at radius 3 is 2.40 bits per heavy atom. The maximum Gasteiger partial charge on any atom is 0.216 e. The number of fused-ring (bicyclic) bond motifs is 4. The van der Waals surface area contributed by atoms with E-state index in [4.69, 9.17) is 11.3 Å². The Labute approximate surface area is 292 Å². The fourth-order valence-corrected chi connectivity index (χ4v) is 6.58. The van der Waals surface area contributed by atoms with E-state index in [0.29, 0.717) is 21.7 Å². The molecule has 0 fully saturated rings. The van der Waals surface area contributed by atoms with Crippen LogP contribution in [0.5, 0.6) is 0 Å². The van der Waals surface area contributed by atoms with Crippen molar-refractivity contribution < 1.29 is 41.3 Å². The molecule has 45 heavy (non-hydrogen) atoms. The number of benzene rings is 1. The summed E-state index contributed by atoms with van der Waals surface area (Å²) in [5.74, 6) is 0.547. The number of furan rings is 1. The fourth-order valence-electron chi connectivity index (χ4n) is 5.31. The molecule has 0 amide bonds. The number of aromatic nitrogens is 2. The fraction of sp³-hybridized carbons (Fsp3) is 0.447. The predicted octanol–water partition coefficient (Wildman–Crippen LogP) is 11.1. The van der Waals surface area contributed by atoms with E-state index in [1.54, 1.807) is 18.3 Å². The molecule has 0 aliphatic rings. The number of pyridine rings is 2. The molecule has 4 aromatic heterocycles. The molecule has 0 saturated carbocycles. The Hall–Kier alpha value is -2.86. The summed E-state index contributed by atoms with van der Waals surface area (Å²) >= 11 is 1.44. The molecule has 1 aromatic carbocycles. The number of carbonyl (C=O) groups is 1. The van der Waals surface area contributed by atoms with Gasteiger partial charge >= 0.3 is 0 Å².